The van der Waals surface area contributed by atoms with Gasteiger partial charge in [-0.15, -0.1) is 0 Å². The molecule has 1 aromatic carbocycles. The van der Waals surface area contributed by atoms with E-state index in [0.717, 1.165) is 48.0 Å². The third kappa shape index (κ3) is 4.19. The van der Waals surface area contributed by atoms with Crippen molar-refractivity contribution in [3.63, 3.8) is 0 Å². The Kier molecular flexibility index (Phi) is 5.78. The highest BCUT2D eigenvalue weighted by Gasteiger charge is 2.25. The van der Waals surface area contributed by atoms with E-state index in [0.29, 0.717) is 22.7 Å². The molecule has 4 aromatic rings. The summed E-state index contributed by atoms with van der Waals surface area (Å²) < 4.78 is 7.55. The minimum absolute atomic E-state index is 0.434. The van der Waals surface area contributed by atoms with Crippen molar-refractivity contribution < 1.29 is 4.74 Å². The van der Waals surface area contributed by atoms with Gasteiger partial charge in [0.2, 0.25) is 5.95 Å². The summed E-state index contributed by atoms with van der Waals surface area (Å²) in [6.45, 7) is 2.01. The number of likely N-dealkylation sites (N-methyl/N-ethyl adjacent to an activating group) is 1. The molecule has 170 valence electrons. The first kappa shape index (κ1) is 21.5. The lowest BCUT2D eigenvalue weighted by Gasteiger charge is -2.23. The van der Waals surface area contributed by atoms with Crippen LogP contribution < -0.4 is 15.0 Å². The fourth-order valence-corrected chi connectivity index (χ4v) is 4.41. The molecule has 0 aliphatic carbocycles. The van der Waals surface area contributed by atoms with E-state index in [1.165, 1.54) is 0 Å². The molecular formula is C24H26ClN7O. The van der Waals surface area contributed by atoms with Gasteiger partial charge in [0.05, 0.1) is 35.9 Å². The van der Waals surface area contributed by atoms with E-state index >= 15 is 0 Å². The molecule has 9 heteroatoms. The summed E-state index contributed by atoms with van der Waals surface area (Å²) in [5.41, 5.74) is 4.17. The van der Waals surface area contributed by atoms with Crippen LogP contribution in [0, 0.1) is 0 Å². The number of halogens is 1. The fourth-order valence-electron chi connectivity index (χ4n) is 4.22. The molecule has 0 saturated carbocycles. The molecule has 3 aromatic heterocycles. The normalized spacial score (nSPS) is 16.0. The van der Waals surface area contributed by atoms with Crippen LogP contribution in [-0.4, -0.2) is 64.6 Å². The molecule has 8 nitrogen and oxygen atoms in total. The Bertz CT molecular complexity index is 1290. The molecule has 0 bridgehead atoms. The van der Waals surface area contributed by atoms with E-state index in [-0.39, 0.29) is 0 Å². The average Bonchev–Trinajstić information content (AvgIpc) is 3.48. The zero-order chi connectivity index (χ0) is 22.9. The van der Waals surface area contributed by atoms with Crippen LogP contribution in [0.2, 0.25) is 5.02 Å². The van der Waals surface area contributed by atoms with Crippen LogP contribution in [-0.2, 0) is 0 Å². The zero-order valence-corrected chi connectivity index (χ0v) is 19.6. The highest BCUT2D eigenvalue weighted by Crippen LogP contribution is 2.34. The number of pyridine rings is 1. The highest BCUT2D eigenvalue weighted by molar-refractivity contribution is 6.32. The molecular weight excluding hydrogens is 438 g/mol. The van der Waals surface area contributed by atoms with Crippen molar-refractivity contribution in [2.45, 2.75) is 12.5 Å². The van der Waals surface area contributed by atoms with Crippen molar-refractivity contribution in [1.82, 2.24) is 24.3 Å². The Morgan fingerprint density at radius 2 is 2.03 bits per heavy atom. The molecule has 33 heavy (non-hydrogen) atoms. The summed E-state index contributed by atoms with van der Waals surface area (Å²) in [5, 5.41) is 3.78. The Labute approximate surface area is 197 Å². The number of hydrogen-bond acceptors (Lipinski definition) is 7. The molecule has 1 fully saturated rings. The number of benzene rings is 1. The molecule has 1 aliphatic heterocycles. The number of anilines is 3. The summed E-state index contributed by atoms with van der Waals surface area (Å²) in [6, 6.07) is 12.5. The fraction of sp³-hybridized carbons (Fsp3) is 0.292. The Balaban J connectivity index is 1.46. The first-order valence-corrected chi connectivity index (χ1v) is 11.2. The quantitative estimate of drug-likeness (QED) is 0.456. The predicted octanol–water partition coefficient (Wildman–Crippen LogP) is 4.34. The largest absolute Gasteiger partial charge is 0.495 e. The maximum Gasteiger partial charge on any atom is 0.227 e. The Morgan fingerprint density at radius 3 is 2.82 bits per heavy atom. The molecule has 4 heterocycles. The van der Waals surface area contributed by atoms with Crippen molar-refractivity contribution >= 4 is 34.6 Å². The van der Waals surface area contributed by atoms with Crippen LogP contribution in [0.3, 0.4) is 0 Å². The average molecular weight is 464 g/mol. The molecule has 0 radical (unpaired) electrons. The molecule has 0 amide bonds. The standard InChI is InChI=1S/C24H26ClN7O/c1-30(2)17-9-11-31(15-17)16-7-8-21(33-3)19(12-16)28-24-27-13-18(25)23(29-24)20-14-26-22-6-4-5-10-32(20)22/h4-8,10,12-14,17H,9,11,15H2,1-3H3,(H,27,28,29)/t17-/m0/s1. The molecule has 1 aliphatic rings. The lowest BCUT2D eigenvalue weighted by atomic mass is 10.2. The molecule has 5 rings (SSSR count). The van der Waals surface area contributed by atoms with Crippen LogP contribution >= 0.6 is 11.6 Å². The summed E-state index contributed by atoms with van der Waals surface area (Å²) in [7, 11) is 5.92. The third-order valence-corrected chi connectivity index (χ3v) is 6.37. The second-order valence-electron chi connectivity index (χ2n) is 8.32. The van der Waals surface area contributed by atoms with Crippen molar-refractivity contribution in [2.75, 3.05) is 44.5 Å². The minimum atomic E-state index is 0.434. The van der Waals surface area contributed by atoms with Gasteiger partial charge in [0, 0.05) is 31.0 Å². The molecule has 1 atom stereocenters. The predicted molar refractivity (Wildman–Crippen MR) is 132 cm³/mol. The van der Waals surface area contributed by atoms with Crippen molar-refractivity contribution in [3.05, 3.63) is 60.0 Å². The van der Waals surface area contributed by atoms with Gasteiger partial charge in [0.1, 0.15) is 17.1 Å². The second-order valence-corrected chi connectivity index (χ2v) is 8.73. The minimum Gasteiger partial charge on any atom is -0.495 e. The number of rotatable bonds is 6. The van der Waals surface area contributed by atoms with E-state index in [4.69, 9.17) is 21.3 Å². The SMILES string of the molecule is COc1ccc(N2CC[C@H](N(C)C)C2)cc1Nc1ncc(Cl)c(-c2cnc3ccccn23)n1. The number of aromatic nitrogens is 4. The number of methoxy groups -OCH3 is 1. The van der Waals surface area contributed by atoms with Gasteiger partial charge in [-0.1, -0.05) is 17.7 Å². The summed E-state index contributed by atoms with van der Waals surface area (Å²) in [5.74, 6) is 1.15. The number of hydrogen-bond donors (Lipinski definition) is 1. The molecule has 1 N–H and O–H groups in total. The zero-order valence-electron chi connectivity index (χ0n) is 18.9. The van der Waals surface area contributed by atoms with Gasteiger partial charge in [0.15, 0.2) is 0 Å². The number of fused-ring (bicyclic) bond motifs is 1. The van der Waals surface area contributed by atoms with E-state index in [1.54, 1.807) is 19.5 Å². The number of ether oxygens (including phenoxy) is 1. The third-order valence-electron chi connectivity index (χ3n) is 6.09. The van der Waals surface area contributed by atoms with Gasteiger partial charge in [-0.3, -0.25) is 4.40 Å². The first-order valence-electron chi connectivity index (χ1n) is 10.8. The maximum absolute atomic E-state index is 6.47. The Hall–Kier alpha value is -3.36. The van der Waals surface area contributed by atoms with Gasteiger partial charge in [-0.05, 0) is 50.8 Å². The first-order chi connectivity index (χ1) is 16.0. The maximum atomic E-state index is 6.47. The van der Waals surface area contributed by atoms with E-state index in [2.05, 4.69) is 51.3 Å². The van der Waals surface area contributed by atoms with Gasteiger partial charge in [0.25, 0.3) is 0 Å². The van der Waals surface area contributed by atoms with Crippen LogP contribution in [0.25, 0.3) is 17.0 Å². The monoisotopic (exact) mass is 463 g/mol. The van der Waals surface area contributed by atoms with E-state index in [9.17, 15) is 0 Å². The van der Waals surface area contributed by atoms with Gasteiger partial charge < -0.3 is 19.9 Å². The smallest absolute Gasteiger partial charge is 0.227 e. The molecule has 0 spiro atoms. The summed E-state index contributed by atoms with van der Waals surface area (Å²) in [4.78, 5) is 18.2. The van der Waals surface area contributed by atoms with Crippen molar-refractivity contribution in [2.24, 2.45) is 0 Å². The van der Waals surface area contributed by atoms with Crippen molar-refractivity contribution in [3.8, 4) is 17.1 Å². The summed E-state index contributed by atoms with van der Waals surface area (Å²) >= 11 is 6.47. The van der Waals surface area contributed by atoms with Crippen LogP contribution in [0.1, 0.15) is 6.42 Å². The number of imidazole rings is 1. The molecule has 0 unspecified atom stereocenters. The van der Waals surface area contributed by atoms with Crippen LogP contribution in [0.4, 0.5) is 17.3 Å². The van der Waals surface area contributed by atoms with Crippen molar-refractivity contribution in [1.29, 1.82) is 0 Å². The van der Waals surface area contributed by atoms with E-state index < -0.39 is 0 Å². The topological polar surface area (TPSA) is 70.8 Å². The second kappa shape index (κ2) is 8.88. The lowest BCUT2D eigenvalue weighted by molar-refractivity contribution is 0.315. The number of nitrogens with zero attached hydrogens (tertiary/aromatic N) is 6. The van der Waals surface area contributed by atoms with Crippen LogP contribution in [0.5, 0.6) is 5.75 Å². The van der Waals surface area contributed by atoms with Gasteiger partial charge in [-0.2, -0.15) is 0 Å². The highest BCUT2D eigenvalue weighted by atomic mass is 35.5. The van der Waals surface area contributed by atoms with Crippen LogP contribution in [0.15, 0.2) is 55.0 Å². The van der Waals surface area contributed by atoms with E-state index in [1.807, 2.05) is 34.9 Å². The Morgan fingerprint density at radius 1 is 1.15 bits per heavy atom. The van der Waals surface area contributed by atoms with Gasteiger partial charge in [-0.25, -0.2) is 15.0 Å². The number of nitrogens with one attached hydrogen (secondary N) is 1. The van der Waals surface area contributed by atoms with Gasteiger partial charge >= 0.3 is 0 Å². The molecule has 1 saturated heterocycles. The lowest BCUT2D eigenvalue weighted by Crippen LogP contribution is -2.31. The summed E-state index contributed by atoms with van der Waals surface area (Å²) in [6.07, 6.45) is 6.45.